The molecule has 0 fully saturated rings. The van der Waals surface area contributed by atoms with E-state index < -0.39 is 11.9 Å². The number of rotatable bonds is 4. The zero-order valence-electron chi connectivity index (χ0n) is 8.90. The van der Waals surface area contributed by atoms with Crippen LogP contribution in [0.15, 0.2) is 36.4 Å². The van der Waals surface area contributed by atoms with E-state index in [9.17, 15) is 14.7 Å². The monoisotopic (exact) mass is 218 g/mol. The Bertz CT molecular complexity index is 407. The Hall–Kier alpha value is -2.10. The lowest BCUT2D eigenvalue weighted by molar-refractivity contribution is -0.297. The highest BCUT2D eigenvalue weighted by Gasteiger charge is 1.96. The molecule has 0 radical (unpaired) electrons. The molecule has 16 heavy (non-hydrogen) atoms. The van der Waals surface area contributed by atoms with Crippen LogP contribution in [0, 0.1) is 6.92 Å². The van der Waals surface area contributed by atoms with Crippen LogP contribution < -0.4 is 10.4 Å². The van der Waals surface area contributed by atoms with Gasteiger partial charge >= 0.3 is 0 Å². The molecule has 0 spiro atoms. The van der Waals surface area contributed by atoms with Gasteiger partial charge < -0.3 is 15.2 Å². The third-order valence-corrected chi connectivity index (χ3v) is 1.96. The summed E-state index contributed by atoms with van der Waals surface area (Å²) in [4.78, 5) is 21.1. The molecule has 1 N–H and O–H groups in total. The largest absolute Gasteiger partial charge is 0.545 e. The maximum Gasteiger partial charge on any atom is 0.244 e. The van der Waals surface area contributed by atoms with Crippen molar-refractivity contribution in [2.75, 3.05) is 0 Å². The maximum absolute atomic E-state index is 11.1. The molecule has 0 aliphatic heterocycles. The second-order valence-electron chi connectivity index (χ2n) is 3.36. The van der Waals surface area contributed by atoms with Crippen LogP contribution in [0.5, 0.6) is 0 Å². The molecule has 0 bridgehead atoms. The summed E-state index contributed by atoms with van der Waals surface area (Å²) in [7, 11) is 0. The Morgan fingerprint density at radius 3 is 2.44 bits per heavy atom. The molecule has 4 nitrogen and oxygen atoms in total. The molecule has 0 aromatic heterocycles. The number of nitrogens with one attached hydrogen (secondary N) is 1. The van der Waals surface area contributed by atoms with Gasteiger partial charge in [-0.05, 0) is 18.6 Å². The summed E-state index contributed by atoms with van der Waals surface area (Å²) in [5.41, 5.74) is 2.10. The predicted molar refractivity (Wildman–Crippen MR) is 57.2 cm³/mol. The minimum atomic E-state index is -1.38. The highest BCUT2D eigenvalue weighted by Crippen LogP contribution is 2.02. The zero-order chi connectivity index (χ0) is 12.0. The maximum atomic E-state index is 11.1. The van der Waals surface area contributed by atoms with Crippen LogP contribution in [0.4, 0.5) is 0 Å². The van der Waals surface area contributed by atoms with Gasteiger partial charge in [-0.2, -0.15) is 0 Å². The van der Waals surface area contributed by atoms with Crippen molar-refractivity contribution in [1.82, 2.24) is 5.32 Å². The van der Waals surface area contributed by atoms with Crippen molar-refractivity contribution in [2.24, 2.45) is 0 Å². The molecule has 0 aliphatic carbocycles. The summed E-state index contributed by atoms with van der Waals surface area (Å²) in [5.74, 6) is -1.84. The van der Waals surface area contributed by atoms with E-state index in [1.54, 1.807) is 0 Å². The quantitative estimate of drug-likeness (QED) is 0.718. The summed E-state index contributed by atoms with van der Waals surface area (Å²) >= 11 is 0. The lowest BCUT2D eigenvalue weighted by Crippen LogP contribution is -2.23. The Balaban J connectivity index is 2.43. The first-order valence-electron chi connectivity index (χ1n) is 4.80. The Morgan fingerprint density at radius 1 is 1.25 bits per heavy atom. The van der Waals surface area contributed by atoms with E-state index in [1.165, 1.54) is 0 Å². The van der Waals surface area contributed by atoms with E-state index in [2.05, 4.69) is 5.32 Å². The smallest absolute Gasteiger partial charge is 0.244 e. The second kappa shape index (κ2) is 5.70. The van der Waals surface area contributed by atoms with Gasteiger partial charge in [0.25, 0.3) is 0 Å². The van der Waals surface area contributed by atoms with Crippen molar-refractivity contribution in [2.45, 2.75) is 13.5 Å². The lowest BCUT2D eigenvalue weighted by Gasteiger charge is -2.02. The van der Waals surface area contributed by atoms with E-state index in [1.807, 2.05) is 31.2 Å². The van der Waals surface area contributed by atoms with E-state index in [0.29, 0.717) is 12.6 Å². The molecule has 1 rings (SSSR count). The molecule has 0 unspecified atom stereocenters. The van der Waals surface area contributed by atoms with Crippen LogP contribution >= 0.6 is 0 Å². The molecule has 1 aromatic rings. The van der Waals surface area contributed by atoms with Crippen LogP contribution in [0.3, 0.4) is 0 Å². The molecule has 1 aromatic carbocycles. The number of carboxylic acids is 1. The first-order valence-corrected chi connectivity index (χ1v) is 4.80. The van der Waals surface area contributed by atoms with Crippen molar-refractivity contribution < 1.29 is 14.7 Å². The molecular weight excluding hydrogens is 206 g/mol. The molecule has 4 heteroatoms. The number of carbonyl (C=O) groups excluding carboxylic acids is 2. The van der Waals surface area contributed by atoms with Crippen molar-refractivity contribution in [3.05, 3.63) is 47.5 Å². The van der Waals surface area contributed by atoms with Crippen LogP contribution in [0.1, 0.15) is 11.1 Å². The van der Waals surface area contributed by atoms with Crippen molar-refractivity contribution in [3.63, 3.8) is 0 Å². The summed E-state index contributed by atoms with van der Waals surface area (Å²) in [6.45, 7) is 2.35. The number of hydrogen-bond acceptors (Lipinski definition) is 3. The van der Waals surface area contributed by atoms with E-state index in [0.717, 1.165) is 17.2 Å². The SMILES string of the molecule is Cc1ccc(CNC(=O)/C=C/C(=O)[O-])cc1. The molecule has 1 amide bonds. The molecule has 0 atom stereocenters. The van der Waals surface area contributed by atoms with Crippen LogP contribution in [-0.4, -0.2) is 11.9 Å². The minimum Gasteiger partial charge on any atom is -0.545 e. The van der Waals surface area contributed by atoms with Gasteiger partial charge in [0.15, 0.2) is 0 Å². The topological polar surface area (TPSA) is 69.2 Å². The van der Waals surface area contributed by atoms with Crippen LogP contribution in [0.25, 0.3) is 0 Å². The van der Waals surface area contributed by atoms with Gasteiger partial charge in [-0.15, -0.1) is 0 Å². The number of amides is 1. The average molecular weight is 218 g/mol. The highest BCUT2D eigenvalue weighted by atomic mass is 16.4. The first-order chi connectivity index (χ1) is 7.58. The standard InChI is InChI=1S/C12H13NO3/c1-9-2-4-10(5-3-9)8-13-11(14)6-7-12(15)16/h2-7H,8H2,1H3,(H,13,14)(H,15,16)/p-1/b7-6+. The summed E-state index contributed by atoms with van der Waals surface area (Å²) in [6, 6.07) is 7.69. The zero-order valence-corrected chi connectivity index (χ0v) is 8.90. The third-order valence-electron chi connectivity index (χ3n) is 1.96. The lowest BCUT2D eigenvalue weighted by atomic mass is 10.1. The van der Waals surface area contributed by atoms with Crippen LogP contribution in [0.2, 0.25) is 0 Å². The Morgan fingerprint density at radius 2 is 1.88 bits per heavy atom. The highest BCUT2D eigenvalue weighted by molar-refractivity contribution is 5.93. The van der Waals surface area contributed by atoms with Gasteiger partial charge in [0.05, 0.1) is 5.97 Å². The Labute approximate surface area is 93.6 Å². The fourth-order valence-electron chi connectivity index (χ4n) is 1.10. The number of benzene rings is 1. The van der Waals surface area contributed by atoms with Crippen LogP contribution in [-0.2, 0) is 16.1 Å². The number of carboxylic acid groups (broad SMARTS) is 1. The number of hydrogen-bond donors (Lipinski definition) is 1. The fraction of sp³-hybridized carbons (Fsp3) is 0.167. The molecule has 0 aliphatic rings. The molecular formula is C12H12NO3-. The molecule has 0 saturated heterocycles. The van der Waals surface area contributed by atoms with Gasteiger partial charge in [-0.25, -0.2) is 0 Å². The van der Waals surface area contributed by atoms with Crippen molar-refractivity contribution >= 4 is 11.9 Å². The minimum absolute atomic E-state index is 0.372. The van der Waals surface area contributed by atoms with E-state index >= 15 is 0 Å². The molecule has 84 valence electrons. The predicted octanol–water partition coefficient (Wildman–Crippen LogP) is -0.0827. The van der Waals surface area contributed by atoms with Gasteiger partial charge in [0.2, 0.25) is 5.91 Å². The molecule has 0 heterocycles. The fourth-order valence-corrected chi connectivity index (χ4v) is 1.10. The van der Waals surface area contributed by atoms with E-state index in [4.69, 9.17) is 0 Å². The Kier molecular flexibility index (Phi) is 4.27. The average Bonchev–Trinajstić information content (AvgIpc) is 2.25. The summed E-state index contributed by atoms with van der Waals surface area (Å²) < 4.78 is 0. The van der Waals surface area contributed by atoms with Gasteiger partial charge in [-0.3, -0.25) is 4.79 Å². The second-order valence-corrected chi connectivity index (χ2v) is 3.36. The first kappa shape index (κ1) is 12.0. The van der Waals surface area contributed by atoms with Gasteiger partial charge in [0, 0.05) is 12.6 Å². The van der Waals surface area contributed by atoms with Crippen molar-refractivity contribution in [1.29, 1.82) is 0 Å². The van der Waals surface area contributed by atoms with E-state index in [-0.39, 0.29) is 0 Å². The summed E-state index contributed by atoms with van der Waals surface area (Å²) in [5, 5.41) is 12.6. The van der Waals surface area contributed by atoms with Gasteiger partial charge in [0.1, 0.15) is 0 Å². The molecule has 0 saturated carbocycles. The summed E-state index contributed by atoms with van der Waals surface area (Å²) in [6.07, 6.45) is 1.63. The third kappa shape index (κ3) is 4.41. The normalized spacial score (nSPS) is 10.3. The number of aryl methyl sites for hydroxylation is 1. The number of aliphatic carboxylic acids is 1. The number of carbonyl (C=O) groups is 2. The van der Waals surface area contributed by atoms with Crippen molar-refractivity contribution in [3.8, 4) is 0 Å². The van der Waals surface area contributed by atoms with Gasteiger partial charge in [-0.1, -0.05) is 29.8 Å².